The van der Waals surface area contributed by atoms with Gasteiger partial charge in [0.15, 0.2) is 0 Å². The Kier molecular flexibility index (Phi) is 10.2. The third-order valence-corrected chi connectivity index (χ3v) is 4.09. The molecule has 3 atom stereocenters. The summed E-state index contributed by atoms with van der Waals surface area (Å²) >= 11 is 0. The van der Waals surface area contributed by atoms with Gasteiger partial charge in [-0.1, -0.05) is 30.2 Å². The molecule has 5 heteroatoms. The van der Waals surface area contributed by atoms with Crippen LogP contribution in [0.5, 0.6) is 0 Å². The van der Waals surface area contributed by atoms with Crippen molar-refractivity contribution in [3.63, 3.8) is 0 Å². The van der Waals surface area contributed by atoms with Crippen LogP contribution in [0.25, 0.3) is 0 Å². The van der Waals surface area contributed by atoms with Gasteiger partial charge in [-0.15, -0.1) is 0 Å². The predicted octanol–water partition coefficient (Wildman–Crippen LogP) is 3.63. The van der Waals surface area contributed by atoms with E-state index in [0.29, 0.717) is 32.1 Å². The Bertz CT molecular complexity index is 448. The van der Waals surface area contributed by atoms with Crippen LogP contribution in [0.1, 0.15) is 59.8 Å². The second kappa shape index (κ2) is 11.0. The van der Waals surface area contributed by atoms with Crippen molar-refractivity contribution in [2.24, 2.45) is 11.8 Å². The largest absolute Gasteiger partial charge is 0.481 e. The number of aliphatic carboxylic acids is 2. The number of carbonyl (C=O) groups is 2. The van der Waals surface area contributed by atoms with Crippen molar-refractivity contribution in [1.29, 1.82) is 0 Å². The van der Waals surface area contributed by atoms with E-state index in [1.54, 1.807) is 20.8 Å². The van der Waals surface area contributed by atoms with E-state index in [1.165, 1.54) is 0 Å². The number of aliphatic hydroxyl groups excluding tert-OH is 1. The molecule has 0 bridgehead atoms. The highest BCUT2D eigenvalue weighted by Gasteiger charge is 2.17. The van der Waals surface area contributed by atoms with E-state index >= 15 is 0 Å². The molecule has 0 rings (SSSR count). The molecule has 0 heterocycles. The summed E-state index contributed by atoms with van der Waals surface area (Å²) in [5.74, 6) is -2.80. The summed E-state index contributed by atoms with van der Waals surface area (Å²) in [6.07, 6.45) is 6.52. The molecule has 5 nitrogen and oxygen atoms in total. The van der Waals surface area contributed by atoms with Crippen LogP contribution < -0.4 is 0 Å². The topological polar surface area (TPSA) is 94.8 Å². The fourth-order valence-electron chi connectivity index (χ4n) is 2.37. The molecule has 0 spiro atoms. The maximum Gasteiger partial charge on any atom is 0.310 e. The van der Waals surface area contributed by atoms with Crippen molar-refractivity contribution in [2.75, 3.05) is 0 Å². The second-order valence-electron chi connectivity index (χ2n) is 6.00. The summed E-state index contributed by atoms with van der Waals surface area (Å²) in [6.45, 7) is 6.94. The number of hydrogen-bond acceptors (Lipinski definition) is 3. The van der Waals surface area contributed by atoms with Crippen molar-refractivity contribution in [3.8, 4) is 0 Å². The fraction of sp³-hybridized carbons (Fsp3) is 0.667. The van der Waals surface area contributed by atoms with Crippen LogP contribution in [0.3, 0.4) is 0 Å². The van der Waals surface area contributed by atoms with Gasteiger partial charge in [-0.2, -0.15) is 0 Å². The minimum absolute atomic E-state index is 0.407. The number of rotatable bonds is 11. The van der Waals surface area contributed by atoms with Gasteiger partial charge < -0.3 is 15.3 Å². The van der Waals surface area contributed by atoms with Crippen LogP contribution >= 0.6 is 0 Å². The Morgan fingerprint density at radius 1 is 0.913 bits per heavy atom. The van der Waals surface area contributed by atoms with Gasteiger partial charge in [0.1, 0.15) is 0 Å². The van der Waals surface area contributed by atoms with Crippen LogP contribution in [0.4, 0.5) is 0 Å². The van der Waals surface area contributed by atoms with E-state index in [4.69, 9.17) is 5.11 Å². The lowest BCUT2D eigenvalue weighted by Gasteiger charge is -2.13. The van der Waals surface area contributed by atoms with Crippen LogP contribution in [0.2, 0.25) is 0 Å². The zero-order chi connectivity index (χ0) is 18.0. The highest BCUT2D eigenvalue weighted by molar-refractivity contribution is 5.73. The molecule has 0 aromatic rings. The third-order valence-electron chi connectivity index (χ3n) is 4.09. The molecule has 0 saturated carbocycles. The molecule has 132 valence electrons. The molecule has 0 aromatic carbocycles. The molecule has 0 fully saturated rings. The van der Waals surface area contributed by atoms with E-state index in [1.807, 2.05) is 19.1 Å². The van der Waals surface area contributed by atoms with Gasteiger partial charge in [0, 0.05) is 0 Å². The average molecular weight is 326 g/mol. The van der Waals surface area contributed by atoms with Crippen molar-refractivity contribution in [1.82, 2.24) is 0 Å². The van der Waals surface area contributed by atoms with Crippen molar-refractivity contribution < 1.29 is 24.9 Å². The summed E-state index contributed by atoms with van der Waals surface area (Å²) < 4.78 is 0. The number of hydrogen-bond donors (Lipinski definition) is 3. The van der Waals surface area contributed by atoms with Gasteiger partial charge in [-0.05, 0) is 52.9 Å². The van der Waals surface area contributed by atoms with Gasteiger partial charge in [-0.3, -0.25) is 9.59 Å². The average Bonchev–Trinajstić information content (AvgIpc) is 2.47. The molecule has 23 heavy (non-hydrogen) atoms. The normalized spacial score (nSPS) is 16.7. The molecular weight excluding hydrogens is 296 g/mol. The van der Waals surface area contributed by atoms with Gasteiger partial charge >= 0.3 is 11.9 Å². The first-order valence-corrected chi connectivity index (χ1v) is 8.22. The van der Waals surface area contributed by atoms with E-state index in [2.05, 4.69) is 0 Å². The maximum absolute atomic E-state index is 11.2. The Labute approximate surface area is 138 Å². The molecule has 0 aliphatic heterocycles. The lowest BCUT2D eigenvalue weighted by molar-refractivity contribution is -0.140. The SMILES string of the molecule is CCC(=CCCC(=CCCC(C)O)C(C)C(=O)O)C(C)C(=O)O. The lowest BCUT2D eigenvalue weighted by atomic mass is 9.92. The zero-order valence-electron chi connectivity index (χ0n) is 14.6. The summed E-state index contributed by atoms with van der Waals surface area (Å²) in [4.78, 5) is 22.3. The highest BCUT2D eigenvalue weighted by Crippen LogP contribution is 2.22. The van der Waals surface area contributed by atoms with E-state index in [-0.39, 0.29) is 0 Å². The minimum Gasteiger partial charge on any atom is -0.481 e. The van der Waals surface area contributed by atoms with E-state index in [9.17, 15) is 19.8 Å². The fourth-order valence-corrected chi connectivity index (χ4v) is 2.37. The highest BCUT2D eigenvalue weighted by atomic mass is 16.4. The second-order valence-corrected chi connectivity index (χ2v) is 6.00. The molecule has 0 aromatic heterocycles. The Balaban J connectivity index is 4.89. The van der Waals surface area contributed by atoms with Crippen molar-refractivity contribution >= 4 is 11.9 Å². The standard InChI is InChI=1S/C18H30O5/c1-5-15(13(3)17(20)21)9-7-11-16(14(4)18(22)23)10-6-8-12(2)19/h9-10,12-14,19H,5-8,11H2,1-4H3,(H,20,21)(H,22,23). The van der Waals surface area contributed by atoms with Crippen LogP contribution in [-0.4, -0.2) is 33.4 Å². The van der Waals surface area contributed by atoms with Crippen molar-refractivity contribution in [2.45, 2.75) is 65.9 Å². The summed E-state index contributed by atoms with van der Waals surface area (Å²) in [7, 11) is 0. The summed E-state index contributed by atoms with van der Waals surface area (Å²) in [5.41, 5.74) is 1.69. The van der Waals surface area contributed by atoms with Crippen LogP contribution in [-0.2, 0) is 9.59 Å². The molecule has 0 aliphatic carbocycles. The quantitative estimate of drug-likeness (QED) is 0.504. The van der Waals surface area contributed by atoms with Crippen LogP contribution in [0, 0.1) is 11.8 Å². The Hall–Kier alpha value is -1.62. The molecule has 3 unspecified atom stereocenters. The van der Waals surface area contributed by atoms with Crippen molar-refractivity contribution in [3.05, 3.63) is 23.3 Å². The molecule has 3 N–H and O–H groups in total. The smallest absolute Gasteiger partial charge is 0.310 e. The molecule has 0 amide bonds. The molecule has 0 saturated heterocycles. The predicted molar refractivity (Wildman–Crippen MR) is 90.2 cm³/mol. The maximum atomic E-state index is 11.2. The third kappa shape index (κ3) is 8.55. The monoisotopic (exact) mass is 326 g/mol. The number of carboxylic acids is 2. The Morgan fingerprint density at radius 2 is 1.39 bits per heavy atom. The van der Waals surface area contributed by atoms with Gasteiger partial charge in [0.25, 0.3) is 0 Å². The minimum atomic E-state index is -0.869. The van der Waals surface area contributed by atoms with Gasteiger partial charge in [-0.25, -0.2) is 0 Å². The number of carboxylic acid groups (broad SMARTS) is 2. The Morgan fingerprint density at radius 3 is 1.83 bits per heavy atom. The summed E-state index contributed by atoms with van der Waals surface area (Å²) in [5, 5.41) is 27.6. The first-order chi connectivity index (χ1) is 10.7. The van der Waals surface area contributed by atoms with Crippen LogP contribution in [0.15, 0.2) is 23.3 Å². The first kappa shape index (κ1) is 21.4. The van der Waals surface area contributed by atoms with Gasteiger partial charge in [0.05, 0.1) is 17.9 Å². The summed E-state index contributed by atoms with van der Waals surface area (Å²) in [6, 6.07) is 0. The number of allylic oxidation sites excluding steroid dienone is 2. The van der Waals surface area contributed by atoms with E-state index < -0.39 is 29.9 Å². The first-order valence-electron chi connectivity index (χ1n) is 8.22. The zero-order valence-corrected chi connectivity index (χ0v) is 14.6. The van der Waals surface area contributed by atoms with Gasteiger partial charge in [0.2, 0.25) is 0 Å². The molecule has 0 radical (unpaired) electrons. The lowest BCUT2D eigenvalue weighted by Crippen LogP contribution is -2.13. The molecule has 0 aliphatic rings. The number of aliphatic hydroxyl groups is 1. The molecular formula is C18H30O5. The van der Waals surface area contributed by atoms with E-state index in [0.717, 1.165) is 11.1 Å².